The van der Waals surface area contributed by atoms with Gasteiger partial charge in [-0.2, -0.15) is 0 Å². The molecule has 0 spiro atoms. The van der Waals surface area contributed by atoms with Gasteiger partial charge in [0.05, 0.1) is 12.7 Å². The Labute approximate surface area is 67.7 Å². The van der Waals surface area contributed by atoms with Gasteiger partial charge in [0.2, 0.25) is 0 Å². The van der Waals surface area contributed by atoms with E-state index in [9.17, 15) is 0 Å². The van der Waals surface area contributed by atoms with Crippen molar-refractivity contribution in [3.63, 3.8) is 0 Å². The highest BCUT2D eigenvalue weighted by Gasteiger charge is 2.23. The van der Waals surface area contributed by atoms with Crippen LogP contribution in [-0.4, -0.2) is 30.6 Å². The van der Waals surface area contributed by atoms with Crippen LogP contribution >= 0.6 is 0 Å². The molecule has 3 heteroatoms. The molecule has 3 nitrogen and oxygen atoms in total. The standard InChI is InChI=1S/C8H17NO2/c1-6(2)3-8-9-4-7(5-10)11-8/h6-10H,3-5H2,1-2H3. The Morgan fingerprint density at radius 1 is 1.64 bits per heavy atom. The van der Waals surface area contributed by atoms with Gasteiger partial charge in [-0.1, -0.05) is 13.8 Å². The smallest absolute Gasteiger partial charge is 0.109 e. The second-order valence-corrected chi connectivity index (χ2v) is 3.47. The first-order valence-electron chi connectivity index (χ1n) is 4.22. The monoisotopic (exact) mass is 159 g/mol. The Bertz CT molecular complexity index is 117. The van der Waals surface area contributed by atoms with E-state index in [4.69, 9.17) is 9.84 Å². The molecule has 0 aromatic carbocycles. The summed E-state index contributed by atoms with van der Waals surface area (Å²) in [4.78, 5) is 0. The SMILES string of the molecule is CC(C)CC1NCC(CO)O1. The van der Waals surface area contributed by atoms with Gasteiger partial charge in [-0.25, -0.2) is 0 Å². The third-order valence-electron chi connectivity index (χ3n) is 1.82. The van der Waals surface area contributed by atoms with Crippen LogP contribution < -0.4 is 5.32 Å². The zero-order valence-electron chi connectivity index (χ0n) is 7.21. The van der Waals surface area contributed by atoms with Crippen molar-refractivity contribution in [2.75, 3.05) is 13.2 Å². The first kappa shape index (κ1) is 8.97. The van der Waals surface area contributed by atoms with E-state index in [1.165, 1.54) is 0 Å². The number of ether oxygens (including phenoxy) is 1. The van der Waals surface area contributed by atoms with Crippen LogP contribution in [0.5, 0.6) is 0 Å². The Morgan fingerprint density at radius 3 is 2.82 bits per heavy atom. The summed E-state index contributed by atoms with van der Waals surface area (Å²) in [6.07, 6.45) is 1.20. The fourth-order valence-corrected chi connectivity index (χ4v) is 1.27. The van der Waals surface area contributed by atoms with E-state index in [0.29, 0.717) is 5.92 Å². The van der Waals surface area contributed by atoms with Crippen molar-refractivity contribution >= 4 is 0 Å². The van der Waals surface area contributed by atoms with Gasteiger partial charge >= 0.3 is 0 Å². The maximum absolute atomic E-state index is 8.75. The molecule has 1 heterocycles. The maximum atomic E-state index is 8.75. The normalized spacial score (nSPS) is 31.6. The molecule has 11 heavy (non-hydrogen) atoms. The van der Waals surface area contributed by atoms with E-state index >= 15 is 0 Å². The molecule has 0 aromatic rings. The highest BCUT2D eigenvalue weighted by Crippen LogP contribution is 2.12. The summed E-state index contributed by atoms with van der Waals surface area (Å²) < 4.78 is 5.46. The van der Waals surface area contributed by atoms with E-state index < -0.39 is 0 Å². The van der Waals surface area contributed by atoms with Gasteiger partial charge in [0.15, 0.2) is 0 Å². The van der Waals surface area contributed by atoms with E-state index in [-0.39, 0.29) is 18.9 Å². The second-order valence-electron chi connectivity index (χ2n) is 3.47. The number of hydrogen-bond donors (Lipinski definition) is 2. The zero-order chi connectivity index (χ0) is 8.27. The average molecular weight is 159 g/mol. The van der Waals surface area contributed by atoms with Gasteiger partial charge < -0.3 is 9.84 Å². The fraction of sp³-hybridized carbons (Fsp3) is 1.00. The maximum Gasteiger partial charge on any atom is 0.109 e. The summed E-state index contributed by atoms with van der Waals surface area (Å²) in [7, 11) is 0. The minimum Gasteiger partial charge on any atom is -0.394 e. The lowest BCUT2D eigenvalue weighted by Gasteiger charge is -2.13. The summed E-state index contributed by atoms with van der Waals surface area (Å²) in [6, 6.07) is 0. The molecule has 1 fully saturated rings. The highest BCUT2D eigenvalue weighted by atomic mass is 16.5. The second kappa shape index (κ2) is 4.04. The van der Waals surface area contributed by atoms with Crippen molar-refractivity contribution in [2.45, 2.75) is 32.6 Å². The first-order valence-corrected chi connectivity index (χ1v) is 4.22. The molecular formula is C8H17NO2. The molecule has 0 aromatic heterocycles. The number of aliphatic hydroxyl groups excluding tert-OH is 1. The molecule has 0 amide bonds. The minimum atomic E-state index is 0.0127. The van der Waals surface area contributed by atoms with Crippen LogP contribution in [0.1, 0.15) is 20.3 Å². The van der Waals surface area contributed by atoms with Crippen molar-refractivity contribution in [3.05, 3.63) is 0 Å². The molecule has 0 radical (unpaired) electrons. The lowest BCUT2D eigenvalue weighted by Crippen LogP contribution is -2.23. The Balaban J connectivity index is 2.19. The predicted octanol–water partition coefficient (Wildman–Crippen LogP) is 0.339. The van der Waals surface area contributed by atoms with Gasteiger partial charge in [-0.05, 0) is 12.3 Å². The minimum absolute atomic E-state index is 0.0127. The summed E-state index contributed by atoms with van der Waals surface area (Å²) in [6.45, 7) is 5.24. The predicted molar refractivity (Wildman–Crippen MR) is 43.2 cm³/mol. The average Bonchev–Trinajstić information content (AvgIpc) is 2.34. The van der Waals surface area contributed by atoms with Crippen LogP contribution in [0.4, 0.5) is 0 Å². The number of aliphatic hydroxyl groups is 1. The summed E-state index contributed by atoms with van der Waals surface area (Å²) in [5.74, 6) is 0.643. The number of nitrogens with one attached hydrogen (secondary N) is 1. The Morgan fingerprint density at radius 2 is 2.36 bits per heavy atom. The van der Waals surface area contributed by atoms with Crippen LogP contribution in [-0.2, 0) is 4.74 Å². The van der Waals surface area contributed by atoms with Gasteiger partial charge in [-0.15, -0.1) is 0 Å². The van der Waals surface area contributed by atoms with E-state index in [2.05, 4.69) is 19.2 Å². The molecule has 1 saturated heterocycles. The Hall–Kier alpha value is -0.120. The quantitative estimate of drug-likeness (QED) is 0.624. The topological polar surface area (TPSA) is 41.5 Å². The summed E-state index contributed by atoms with van der Waals surface area (Å²) >= 11 is 0. The molecule has 1 aliphatic heterocycles. The third kappa shape index (κ3) is 2.77. The molecule has 1 rings (SSSR count). The van der Waals surface area contributed by atoms with Gasteiger partial charge in [0.25, 0.3) is 0 Å². The number of hydrogen-bond acceptors (Lipinski definition) is 3. The Kier molecular flexibility index (Phi) is 3.30. The highest BCUT2D eigenvalue weighted by molar-refractivity contribution is 4.73. The van der Waals surface area contributed by atoms with Crippen molar-refractivity contribution in [1.82, 2.24) is 5.32 Å². The van der Waals surface area contributed by atoms with Gasteiger partial charge in [0.1, 0.15) is 6.23 Å². The third-order valence-corrected chi connectivity index (χ3v) is 1.82. The van der Waals surface area contributed by atoms with Crippen LogP contribution in [0, 0.1) is 5.92 Å². The lowest BCUT2D eigenvalue weighted by atomic mass is 10.1. The van der Waals surface area contributed by atoms with Crippen LogP contribution in [0.3, 0.4) is 0 Å². The van der Waals surface area contributed by atoms with Crippen molar-refractivity contribution in [1.29, 1.82) is 0 Å². The summed E-state index contributed by atoms with van der Waals surface area (Å²) in [5.41, 5.74) is 0. The molecule has 2 atom stereocenters. The molecule has 2 N–H and O–H groups in total. The first-order chi connectivity index (χ1) is 5.22. The summed E-state index contributed by atoms with van der Waals surface area (Å²) in [5, 5.41) is 12.0. The van der Waals surface area contributed by atoms with Crippen LogP contribution in [0.2, 0.25) is 0 Å². The van der Waals surface area contributed by atoms with Crippen molar-refractivity contribution in [2.24, 2.45) is 5.92 Å². The van der Waals surface area contributed by atoms with Crippen molar-refractivity contribution < 1.29 is 9.84 Å². The molecule has 0 aliphatic carbocycles. The molecule has 2 unspecified atom stereocenters. The van der Waals surface area contributed by atoms with Gasteiger partial charge in [0, 0.05) is 6.54 Å². The molecule has 1 aliphatic rings. The fourth-order valence-electron chi connectivity index (χ4n) is 1.27. The zero-order valence-corrected chi connectivity index (χ0v) is 7.21. The van der Waals surface area contributed by atoms with Crippen molar-refractivity contribution in [3.8, 4) is 0 Å². The largest absolute Gasteiger partial charge is 0.394 e. The van der Waals surface area contributed by atoms with E-state index in [1.807, 2.05) is 0 Å². The lowest BCUT2D eigenvalue weighted by molar-refractivity contribution is 0.00217. The van der Waals surface area contributed by atoms with Gasteiger partial charge in [-0.3, -0.25) is 5.32 Å². The van der Waals surface area contributed by atoms with E-state index in [1.54, 1.807) is 0 Å². The van der Waals surface area contributed by atoms with Crippen LogP contribution in [0.25, 0.3) is 0 Å². The molecule has 66 valence electrons. The number of rotatable bonds is 3. The van der Waals surface area contributed by atoms with Crippen LogP contribution in [0.15, 0.2) is 0 Å². The molecule has 0 bridgehead atoms. The van der Waals surface area contributed by atoms with E-state index in [0.717, 1.165) is 13.0 Å². The molecular weight excluding hydrogens is 142 g/mol. The molecule has 0 saturated carbocycles.